The zero-order valence-electron chi connectivity index (χ0n) is 15.9. The fourth-order valence-electron chi connectivity index (χ4n) is 3.75. The first-order valence-corrected chi connectivity index (χ1v) is 12.1. The third kappa shape index (κ3) is 3.78. The molecule has 0 bridgehead atoms. The van der Waals surface area contributed by atoms with Crippen molar-refractivity contribution >= 4 is 43.1 Å². The number of carbonyl (C=O) groups excluding carboxylic acids is 1. The monoisotopic (exact) mass is 428 g/mol. The van der Waals surface area contributed by atoms with Crippen LogP contribution in [0.5, 0.6) is 0 Å². The number of thiophene rings is 1. The second-order valence-corrected chi connectivity index (χ2v) is 10.2. The van der Waals surface area contributed by atoms with E-state index >= 15 is 0 Å². The van der Waals surface area contributed by atoms with Crippen molar-refractivity contribution in [1.29, 1.82) is 5.26 Å². The van der Waals surface area contributed by atoms with E-state index in [1.807, 2.05) is 0 Å². The molecule has 0 saturated heterocycles. The van der Waals surface area contributed by atoms with Gasteiger partial charge in [-0.2, -0.15) is 5.26 Å². The van der Waals surface area contributed by atoms with E-state index in [0.717, 1.165) is 43.9 Å². The normalized spacial score (nSPS) is 14.2. The van der Waals surface area contributed by atoms with Crippen molar-refractivity contribution in [3.05, 3.63) is 40.3 Å². The summed E-state index contributed by atoms with van der Waals surface area (Å²) in [6, 6.07) is 9.23. The average Bonchev–Trinajstić information content (AvgIpc) is 3.10. The van der Waals surface area contributed by atoms with Gasteiger partial charge < -0.3 is 9.88 Å². The number of fused-ring (bicyclic) bond motifs is 2. The summed E-state index contributed by atoms with van der Waals surface area (Å²) in [4.78, 5) is 18.1. The van der Waals surface area contributed by atoms with E-state index in [9.17, 15) is 18.5 Å². The number of imidazole rings is 1. The summed E-state index contributed by atoms with van der Waals surface area (Å²) in [5.74, 6) is -0.383. The largest absolute Gasteiger partial charge is 0.315 e. The zero-order valence-corrected chi connectivity index (χ0v) is 17.6. The minimum absolute atomic E-state index is 0.142. The number of nitrogens with one attached hydrogen (secondary N) is 1. The number of anilines is 1. The van der Waals surface area contributed by atoms with Crippen LogP contribution in [0, 0.1) is 11.3 Å². The molecule has 0 unspecified atom stereocenters. The number of amides is 1. The summed E-state index contributed by atoms with van der Waals surface area (Å²) in [6.45, 7) is -0.198. The molecule has 0 radical (unpaired) electrons. The predicted octanol–water partition coefficient (Wildman–Crippen LogP) is 3.28. The van der Waals surface area contributed by atoms with Crippen molar-refractivity contribution in [2.24, 2.45) is 0 Å². The van der Waals surface area contributed by atoms with Gasteiger partial charge in [0.15, 0.2) is 0 Å². The molecule has 150 valence electrons. The van der Waals surface area contributed by atoms with Gasteiger partial charge in [-0.3, -0.25) is 4.79 Å². The Morgan fingerprint density at radius 1 is 1.28 bits per heavy atom. The molecule has 1 aliphatic rings. The van der Waals surface area contributed by atoms with Gasteiger partial charge in [0.25, 0.3) is 0 Å². The number of hydrogen-bond donors (Lipinski definition) is 1. The van der Waals surface area contributed by atoms with Crippen molar-refractivity contribution in [1.82, 2.24) is 9.55 Å². The molecule has 29 heavy (non-hydrogen) atoms. The van der Waals surface area contributed by atoms with E-state index in [1.165, 1.54) is 20.8 Å². The Morgan fingerprint density at radius 3 is 2.79 bits per heavy atom. The summed E-state index contributed by atoms with van der Waals surface area (Å²) >= 11 is 1.46. The van der Waals surface area contributed by atoms with E-state index in [2.05, 4.69) is 16.4 Å². The number of aromatic nitrogens is 2. The van der Waals surface area contributed by atoms with Crippen molar-refractivity contribution in [2.45, 2.75) is 43.8 Å². The van der Waals surface area contributed by atoms with Gasteiger partial charge in [0.1, 0.15) is 17.6 Å². The summed E-state index contributed by atoms with van der Waals surface area (Å²) in [5.41, 5.74) is 2.68. The average molecular weight is 429 g/mol. The maximum atomic E-state index is 12.8. The van der Waals surface area contributed by atoms with E-state index < -0.39 is 9.84 Å². The first-order valence-electron chi connectivity index (χ1n) is 9.38. The number of hydrogen-bond acceptors (Lipinski definition) is 6. The maximum absolute atomic E-state index is 12.8. The van der Waals surface area contributed by atoms with Crippen LogP contribution in [-0.4, -0.2) is 30.1 Å². The molecule has 2 aromatic heterocycles. The summed E-state index contributed by atoms with van der Waals surface area (Å²) in [6.07, 6.45) is 6.14. The van der Waals surface area contributed by atoms with Crippen molar-refractivity contribution < 1.29 is 13.2 Å². The number of para-hydroxylation sites is 2. The molecule has 3 aromatic rings. The number of rotatable bonds is 4. The van der Waals surface area contributed by atoms with Crippen LogP contribution in [0.2, 0.25) is 0 Å². The molecule has 7 nitrogen and oxygen atoms in total. The Labute approximate surface area is 172 Å². The highest BCUT2D eigenvalue weighted by Crippen LogP contribution is 2.37. The molecular weight excluding hydrogens is 408 g/mol. The highest BCUT2D eigenvalue weighted by Gasteiger charge is 2.24. The molecule has 0 aliphatic heterocycles. The summed E-state index contributed by atoms with van der Waals surface area (Å²) in [7, 11) is -3.61. The van der Waals surface area contributed by atoms with Gasteiger partial charge >= 0.3 is 0 Å². The molecule has 1 aromatic carbocycles. The third-order valence-corrected chi connectivity index (χ3v) is 7.22. The molecule has 0 spiro atoms. The molecule has 1 N–H and O–H groups in total. The molecule has 2 heterocycles. The lowest BCUT2D eigenvalue weighted by molar-refractivity contribution is -0.116. The van der Waals surface area contributed by atoms with Gasteiger partial charge in [-0.1, -0.05) is 18.6 Å². The fraction of sp³-hybridized carbons (Fsp3) is 0.350. The van der Waals surface area contributed by atoms with Crippen molar-refractivity contribution in [2.75, 3.05) is 11.6 Å². The lowest BCUT2D eigenvalue weighted by Crippen LogP contribution is -2.21. The number of benzene rings is 1. The lowest BCUT2D eigenvalue weighted by Gasteiger charge is -2.08. The Bertz CT molecular complexity index is 1250. The minimum Gasteiger partial charge on any atom is -0.315 e. The van der Waals surface area contributed by atoms with Crippen LogP contribution in [0.4, 0.5) is 5.00 Å². The lowest BCUT2D eigenvalue weighted by atomic mass is 10.1. The quantitative estimate of drug-likeness (QED) is 0.642. The van der Waals surface area contributed by atoms with Crippen LogP contribution in [0.1, 0.15) is 35.3 Å². The number of aryl methyl sites for hydroxylation is 1. The van der Waals surface area contributed by atoms with Gasteiger partial charge in [-0.25, -0.2) is 13.4 Å². The number of nitrogens with zero attached hydrogens (tertiary/aromatic N) is 3. The molecule has 4 rings (SSSR count). The second-order valence-electron chi connectivity index (χ2n) is 7.17. The van der Waals surface area contributed by atoms with Gasteiger partial charge in [-0.05, 0) is 43.4 Å². The molecule has 1 aliphatic carbocycles. The fourth-order valence-corrected chi connectivity index (χ4v) is 5.83. The zero-order chi connectivity index (χ0) is 20.6. The van der Waals surface area contributed by atoms with Gasteiger partial charge in [0.2, 0.25) is 20.9 Å². The van der Waals surface area contributed by atoms with Gasteiger partial charge in [0.05, 0.1) is 16.6 Å². The van der Waals surface area contributed by atoms with Crippen LogP contribution in [0.3, 0.4) is 0 Å². The van der Waals surface area contributed by atoms with Crippen LogP contribution in [0.25, 0.3) is 11.0 Å². The van der Waals surface area contributed by atoms with Crippen LogP contribution in [-0.2, 0) is 34.0 Å². The van der Waals surface area contributed by atoms with Crippen molar-refractivity contribution in [3.63, 3.8) is 0 Å². The minimum atomic E-state index is -3.61. The summed E-state index contributed by atoms with van der Waals surface area (Å²) in [5, 5.41) is 12.9. The van der Waals surface area contributed by atoms with Crippen LogP contribution in [0.15, 0.2) is 29.4 Å². The van der Waals surface area contributed by atoms with Crippen molar-refractivity contribution in [3.8, 4) is 6.07 Å². The Balaban J connectivity index is 1.66. The maximum Gasteiger partial charge on any atom is 0.245 e. The standard InChI is InChI=1S/C20H20N4O3S2/c1-29(26,27)20-22-15-8-5-6-9-16(15)24(20)12-18(25)23-19-14(11-21)13-7-3-2-4-10-17(13)28-19/h5-6,8-9H,2-4,7,10,12H2,1H3,(H,23,25). The Kier molecular flexibility index (Phi) is 5.15. The molecular formula is C20H20N4O3S2. The number of sulfone groups is 1. The Morgan fingerprint density at radius 2 is 2.03 bits per heavy atom. The first kappa shape index (κ1) is 19.6. The number of carbonyl (C=O) groups is 1. The van der Waals surface area contributed by atoms with E-state index in [-0.39, 0.29) is 17.6 Å². The molecule has 0 saturated carbocycles. The predicted molar refractivity (Wildman–Crippen MR) is 112 cm³/mol. The van der Waals surface area contributed by atoms with Crippen LogP contribution < -0.4 is 5.32 Å². The topological polar surface area (TPSA) is 105 Å². The van der Waals surface area contributed by atoms with Gasteiger partial charge in [0, 0.05) is 11.1 Å². The van der Waals surface area contributed by atoms with E-state index in [1.54, 1.807) is 24.3 Å². The number of nitriles is 1. The highest BCUT2D eigenvalue weighted by molar-refractivity contribution is 7.90. The summed E-state index contributed by atoms with van der Waals surface area (Å²) < 4.78 is 25.8. The Hall–Kier alpha value is -2.70. The van der Waals surface area contributed by atoms with Crippen LogP contribution >= 0.6 is 11.3 Å². The first-order chi connectivity index (χ1) is 13.9. The smallest absolute Gasteiger partial charge is 0.245 e. The molecule has 0 fully saturated rings. The van der Waals surface area contributed by atoms with Gasteiger partial charge in [-0.15, -0.1) is 11.3 Å². The SMILES string of the molecule is CS(=O)(=O)c1nc2ccccc2n1CC(=O)Nc1sc2c(c1C#N)CCCCC2. The van der Waals surface area contributed by atoms with E-state index in [0.29, 0.717) is 21.6 Å². The molecule has 9 heteroatoms. The second kappa shape index (κ2) is 7.61. The molecule has 1 amide bonds. The van der Waals surface area contributed by atoms with E-state index in [4.69, 9.17) is 0 Å². The highest BCUT2D eigenvalue weighted by atomic mass is 32.2. The molecule has 0 atom stereocenters. The third-order valence-electron chi connectivity index (χ3n) is 5.04.